The molecule has 0 saturated carbocycles. The SMILES string of the molecule is C#CB(C#CC)C#CC. The monoisotopic (exact) mass is 114 g/mol. The van der Waals surface area contributed by atoms with E-state index in [1.165, 1.54) is 0 Å². The van der Waals surface area contributed by atoms with Crippen LogP contribution in [0.1, 0.15) is 13.8 Å². The maximum Gasteiger partial charge on any atom is 0.394 e. The summed E-state index contributed by atoms with van der Waals surface area (Å²) in [7, 11) is 0. The summed E-state index contributed by atoms with van der Waals surface area (Å²) in [4.78, 5) is 0. The molecule has 42 valence electrons. The third-order valence-electron chi connectivity index (χ3n) is 0.744. The molecule has 0 aliphatic carbocycles. The molecule has 0 aromatic heterocycles. The van der Waals surface area contributed by atoms with E-state index in [0.29, 0.717) is 0 Å². The van der Waals surface area contributed by atoms with Crippen LogP contribution in [0, 0.1) is 35.7 Å². The summed E-state index contributed by atoms with van der Waals surface area (Å²) in [5.74, 6) is 13.4. The Hall–Kier alpha value is -1.26. The Labute approximate surface area is 57.1 Å². The van der Waals surface area contributed by atoms with Crippen LogP contribution in [0.5, 0.6) is 0 Å². The van der Waals surface area contributed by atoms with Gasteiger partial charge in [-0.2, -0.15) is 0 Å². The maximum absolute atomic E-state index is 5.09. The van der Waals surface area contributed by atoms with Crippen LogP contribution in [0.15, 0.2) is 0 Å². The standard InChI is InChI=1S/C8H7B/c1-4-7-9(6-3)8-5-2/h3H,1-2H3. The minimum atomic E-state index is -0.181. The summed E-state index contributed by atoms with van der Waals surface area (Å²) >= 11 is 0. The summed E-state index contributed by atoms with van der Waals surface area (Å²) in [6.45, 7) is 3.32. The fraction of sp³-hybridized carbons (Fsp3) is 0.250. The molecule has 0 N–H and O–H groups in total. The van der Waals surface area contributed by atoms with Crippen molar-refractivity contribution in [2.24, 2.45) is 0 Å². The van der Waals surface area contributed by atoms with Crippen molar-refractivity contribution in [3.05, 3.63) is 0 Å². The van der Waals surface area contributed by atoms with Crippen LogP contribution >= 0.6 is 0 Å². The summed E-state index contributed by atoms with van der Waals surface area (Å²) in [5.41, 5.74) is 0. The first kappa shape index (κ1) is 7.74. The molecule has 0 heterocycles. The molecule has 0 aliphatic rings. The van der Waals surface area contributed by atoms with Gasteiger partial charge in [0.25, 0.3) is 0 Å². The molecule has 0 rings (SSSR count). The highest BCUT2D eigenvalue weighted by atomic mass is 13.5. The lowest BCUT2D eigenvalue weighted by atomic mass is 9.53. The molecule has 0 amide bonds. The molecule has 0 aromatic carbocycles. The van der Waals surface area contributed by atoms with Crippen molar-refractivity contribution in [1.29, 1.82) is 0 Å². The predicted molar refractivity (Wildman–Crippen MR) is 41.5 cm³/mol. The van der Waals surface area contributed by atoms with Crippen molar-refractivity contribution in [1.82, 2.24) is 0 Å². The highest BCUT2D eigenvalue weighted by Crippen LogP contribution is 1.71. The second-order valence-electron chi connectivity index (χ2n) is 1.39. The van der Waals surface area contributed by atoms with Gasteiger partial charge in [0, 0.05) is 0 Å². The summed E-state index contributed by atoms with van der Waals surface area (Å²) in [5, 5.41) is 0. The van der Waals surface area contributed by atoms with Gasteiger partial charge in [0.05, 0.1) is 0 Å². The van der Waals surface area contributed by atoms with Crippen molar-refractivity contribution in [3.8, 4) is 35.7 Å². The molecule has 0 fully saturated rings. The quantitative estimate of drug-likeness (QED) is 0.322. The van der Waals surface area contributed by atoms with Crippen LogP contribution in [0.2, 0.25) is 0 Å². The predicted octanol–water partition coefficient (Wildman–Crippen LogP) is 0.779. The van der Waals surface area contributed by atoms with Crippen LogP contribution in [0.3, 0.4) is 0 Å². The highest BCUT2D eigenvalue weighted by Gasteiger charge is 1.98. The average molecular weight is 114 g/mol. The fourth-order valence-corrected chi connectivity index (χ4v) is 0.408. The zero-order valence-electron chi connectivity index (χ0n) is 5.65. The lowest BCUT2D eigenvalue weighted by molar-refractivity contribution is 1.92. The molecule has 0 nitrogen and oxygen atoms in total. The van der Waals surface area contributed by atoms with Gasteiger partial charge in [0.1, 0.15) is 0 Å². The van der Waals surface area contributed by atoms with Crippen LogP contribution in [-0.2, 0) is 0 Å². The Morgan fingerprint density at radius 3 is 1.78 bits per heavy atom. The first-order valence-corrected chi connectivity index (χ1v) is 2.65. The smallest absolute Gasteiger partial charge is 0.130 e. The molecule has 0 aromatic rings. The van der Waals surface area contributed by atoms with E-state index in [1.54, 1.807) is 13.8 Å². The molecule has 0 radical (unpaired) electrons. The van der Waals surface area contributed by atoms with Crippen LogP contribution in [0.25, 0.3) is 0 Å². The molecular weight excluding hydrogens is 107 g/mol. The van der Waals surface area contributed by atoms with Crippen molar-refractivity contribution in [2.75, 3.05) is 0 Å². The van der Waals surface area contributed by atoms with Crippen LogP contribution in [-0.4, -0.2) is 6.71 Å². The van der Waals surface area contributed by atoms with Crippen LogP contribution in [0.4, 0.5) is 0 Å². The Kier molecular flexibility index (Phi) is 4.21. The number of rotatable bonds is 0. The molecule has 0 aliphatic heterocycles. The minimum absolute atomic E-state index is 0.181. The van der Waals surface area contributed by atoms with E-state index in [0.717, 1.165) is 0 Å². The van der Waals surface area contributed by atoms with E-state index >= 15 is 0 Å². The Morgan fingerprint density at radius 1 is 1.11 bits per heavy atom. The molecule has 0 spiro atoms. The van der Waals surface area contributed by atoms with Crippen LogP contribution < -0.4 is 0 Å². The number of hydrogen-bond donors (Lipinski definition) is 0. The van der Waals surface area contributed by atoms with E-state index in [9.17, 15) is 0 Å². The second kappa shape index (κ2) is 4.89. The molecule has 0 saturated heterocycles. The Balaban J connectivity index is 4.10. The van der Waals surface area contributed by atoms with Gasteiger partial charge < -0.3 is 0 Å². The summed E-state index contributed by atoms with van der Waals surface area (Å²) < 4.78 is 0. The molecule has 0 atom stereocenters. The zero-order chi connectivity index (χ0) is 7.11. The fourth-order valence-electron chi connectivity index (χ4n) is 0.408. The second-order valence-corrected chi connectivity index (χ2v) is 1.39. The van der Waals surface area contributed by atoms with E-state index in [-0.39, 0.29) is 6.71 Å². The topological polar surface area (TPSA) is 0 Å². The lowest BCUT2D eigenvalue weighted by Gasteiger charge is -1.77. The van der Waals surface area contributed by atoms with Gasteiger partial charge in [0.2, 0.25) is 0 Å². The first-order valence-electron chi connectivity index (χ1n) is 2.65. The van der Waals surface area contributed by atoms with E-state index in [2.05, 4.69) is 29.3 Å². The Bertz CT molecular complexity index is 203. The number of hydrogen-bond acceptors (Lipinski definition) is 0. The third kappa shape index (κ3) is 3.34. The summed E-state index contributed by atoms with van der Waals surface area (Å²) in [6.07, 6.45) is 5.09. The third-order valence-corrected chi connectivity index (χ3v) is 0.744. The molecule has 9 heavy (non-hydrogen) atoms. The maximum atomic E-state index is 5.09. The largest absolute Gasteiger partial charge is 0.394 e. The van der Waals surface area contributed by atoms with Gasteiger partial charge >= 0.3 is 6.71 Å². The van der Waals surface area contributed by atoms with Gasteiger partial charge in [-0.1, -0.05) is 0 Å². The highest BCUT2D eigenvalue weighted by molar-refractivity contribution is 6.82. The van der Waals surface area contributed by atoms with Crippen molar-refractivity contribution in [3.63, 3.8) is 0 Å². The van der Waals surface area contributed by atoms with Gasteiger partial charge in [-0.3, -0.25) is 0 Å². The molecule has 1 heteroatoms. The van der Waals surface area contributed by atoms with E-state index in [4.69, 9.17) is 6.42 Å². The number of terminal acetylenes is 1. The normalized spacial score (nSPS) is 5.00. The van der Waals surface area contributed by atoms with Crippen molar-refractivity contribution >= 4 is 6.71 Å². The van der Waals surface area contributed by atoms with Gasteiger partial charge in [-0.05, 0) is 13.8 Å². The molecule has 0 unspecified atom stereocenters. The van der Waals surface area contributed by atoms with Gasteiger partial charge in [0.15, 0.2) is 0 Å². The zero-order valence-corrected chi connectivity index (χ0v) is 5.65. The van der Waals surface area contributed by atoms with E-state index < -0.39 is 0 Å². The minimum Gasteiger partial charge on any atom is -0.130 e. The van der Waals surface area contributed by atoms with E-state index in [1.807, 2.05) is 0 Å². The van der Waals surface area contributed by atoms with Gasteiger partial charge in [-0.15, -0.1) is 35.7 Å². The summed E-state index contributed by atoms with van der Waals surface area (Å²) in [6, 6.07) is 0. The lowest BCUT2D eigenvalue weighted by Crippen LogP contribution is -2.02. The van der Waals surface area contributed by atoms with Crippen molar-refractivity contribution < 1.29 is 0 Å². The molecule has 0 bridgehead atoms. The van der Waals surface area contributed by atoms with Crippen molar-refractivity contribution in [2.45, 2.75) is 13.8 Å². The van der Waals surface area contributed by atoms with Gasteiger partial charge in [-0.25, -0.2) is 0 Å². The Morgan fingerprint density at radius 2 is 1.56 bits per heavy atom. The first-order chi connectivity index (χ1) is 4.35. The average Bonchev–Trinajstić information content (AvgIpc) is 1.88. The molecular formula is C8H7B.